The first-order chi connectivity index (χ1) is 14.1. The second kappa shape index (κ2) is 11.6. The van der Waals surface area contributed by atoms with Crippen molar-refractivity contribution in [3.63, 3.8) is 0 Å². The summed E-state index contributed by atoms with van der Waals surface area (Å²) in [7, 11) is 3.65. The van der Waals surface area contributed by atoms with Crippen molar-refractivity contribution in [2.45, 2.75) is 19.9 Å². The van der Waals surface area contributed by atoms with Crippen molar-refractivity contribution in [2.24, 2.45) is 4.99 Å². The Balaban J connectivity index is 0.00000320. The fourth-order valence-electron chi connectivity index (χ4n) is 3.16. The van der Waals surface area contributed by atoms with Gasteiger partial charge in [0.2, 0.25) is 6.79 Å². The van der Waals surface area contributed by atoms with Crippen molar-refractivity contribution in [1.82, 2.24) is 15.5 Å². The number of carbonyl (C=O) groups is 1. The molecular formula is C22H29IN4O3. The molecule has 162 valence electrons. The zero-order valence-electron chi connectivity index (χ0n) is 17.6. The van der Waals surface area contributed by atoms with Gasteiger partial charge >= 0.3 is 0 Å². The van der Waals surface area contributed by atoms with Crippen LogP contribution in [0.5, 0.6) is 11.5 Å². The highest BCUT2D eigenvalue weighted by atomic mass is 127. The van der Waals surface area contributed by atoms with E-state index in [1.54, 1.807) is 7.05 Å². The summed E-state index contributed by atoms with van der Waals surface area (Å²) in [5.41, 5.74) is 2.88. The summed E-state index contributed by atoms with van der Waals surface area (Å²) in [6.07, 6.45) is 0.762. The lowest BCUT2D eigenvalue weighted by molar-refractivity contribution is 0.0963. The first kappa shape index (κ1) is 23.8. The Kier molecular flexibility index (Phi) is 9.22. The Morgan fingerprint density at radius 2 is 1.93 bits per heavy atom. The van der Waals surface area contributed by atoms with Gasteiger partial charge in [0.15, 0.2) is 17.5 Å². The van der Waals surface area contributed by atoms with Crippen molar-refractivity contribution in [3.05, 3.63) is 59.2 Å². The van der Waals surface area contributed by atoms with Crippen molar-refractivity contribution in [1.29, 1.82) is 0 Å². The molecule has 0 saturated heterocycles. The molecule has 30 heavy (non-hydrogen) atoms. The highest BCUT2D eigenvalue weighted by molar-refractivity contribution is 14.0. The molecule has 7 nitrogen and oxygen atoms in total. The number of rotatable bonds is 7. The molecule has 2 aromatic rings. The number of hydrogen-bond acceptors (Lipinski definition) is 4. The number of halogens is 1. The molecule has 0 radical (unpaired) electrons. The zero-order valence-corrected chi connectivity index (χ0v) is 19.9. The summed E-state index contributed by atoms with van der Waals surface area (Å²) in [5, 5.41) is 5.99. The lowest BCUT2D eigenvalue weighted by atomic mass is 10.1. The molecule has 0 bridgehead atoms. The van der Waals surface area contributed by atoms with E-state index in [0.717, 1.165) is 41.6 Å². The van der Waals surface area contributed by atoms with Crippen molar-refractivity contribution in [3.8, 4) is 11.5 Å². The van der Waals surface area contributed by atoms with Crippen LogP contribution in [0, 0.1) is 0 Å². The lowest BCUT2D eigenvalue weighted by Gasteiger charge is -2.22. The van der Waals surface area contributed by atoms with Crippen molar-refractivity contribution < 1.29 is 14.3 Å². The Bertz CT molecular complexity index is 888. The van der Waals surface area contributed by atoms with E-state index in [9.17, 15) is 4.79 Å². The number of benzene rings is 2. The van der Waals surface area contributed by atoms with Gasteiger partial charge in [0.05, 0.1) is 0 Å². The van der Waals surface area contributed by atoms with Gasteiger partial charge in [0.1, 0.15) is 0 Å². The van der Waals surface area contributed by atoms with E-state index < -0.39 is 0 Å². The summed E-state index contributed by atoms with van der Waals surface area (Å²) >= 11 is 0. The minimum Gasteiger partial charge on any atom is -0.454 e. The third-order valence-corrected chi connectivity index (χ3v) is 4.63. The van der Waals surface area contributed by atoms with Gasteiger partial charge in [-0.15, -0.1) is 24.0 Å². The van der Waals surface area contributed by atoms with Crippen LogP contribution in [0.4, 0.5) is 0 Å². The van der Waals surface area contributed by atoms with E-state index >= 15 is 0 Å². The summed E-state index contributed by atoms with van der Waals surface area (Å²) in [5.74, 6) is 2.34. The number of nitrogens with zero attached hydrogens (tertiary/aromatic N) is 2. The quantitative estimate of drug-likeness (QED) is 0.331. The van der Waals surface area contributed by atoms with Crippen molar-refractivity contribution >= 4 is 35.8 Å². The van der Waals surface area contributed by atoms with Gasteiger partial charge in [-0.3, -0.25) is 9.79 Å². The molecule has 2 aromatic carbocycles. The van der Waals surface area contributed by atoms with Crippen molar-refractivity contribution in [2.75, 3.05) is 34.0 Å². The SMILES string of the molecule is CCNC(=NCCc1cccc(C(=O)NC)c1)N(C)Cc1ccc2c(c1)OCO2.I. The van der Waals surface area contributed by atoms with Gasteiger partial charge in [-0.1, -0.05) is 18.2 Å². The van der Waals surface area contributed by atoms with Crippen LogP contribution >= 0.6 is 24.0 Å². The average molecular weight is 524 g/mol. The Hall–Kier alpha value is -2.49. The van der Waals surface area contributed by atoms with Crippen LogP contribution in [0.1, 0.15) is 28.4 Å². The minimum absolute atomic E-state index is 0. The van der Waals surface area contributed by atoms with E-state index in [1.807, 2.05) is 49.5 Å². The predicted octanol–water partition coefficient (Wildman–Crippen LogP) is 3.03. The molecule has 1 aliphatic rings. The van der Waals surface area contributed by atoms with Crippen LogP contribution in [0.2, 0.25) is 0 Å². The van der Waals surface area contributed by atoms with Gasteiger partial charge in [0.25, 0.3) is 5.91 Å². The summed E-state index contributed by atoms with van der Waals surface area (Å²) < 4.78 is 10.8. The monoisotopic (exact) mass is 524 g/mol. The fourth-order valence-corrected chi connectivity index (χ4v) is 3.16. The van der Waals surface area contributed by atoms with E-state index in [0.29, 0.717) is 18.7 Å². The highest BCUT2D eigenvalue weighted by Crippen LogP contribution is 2.32. The Labute approximate surface area is 194 Å². The summed E-state index contributed by atoms with van der Waals surface area (Å²) in [6.45, 7) is 4.45. The van der Waals surface area contributed by atoms with Gasteiger partial charge in [-0.25, -0.2) is 0 Å². The molecule has 2 N–H and O–H groups in total. The topological polar surface area (TPSA) is 75.2 Å². The van der Waals surface area contributed by atoms with Crippen LogP contribution in [0.25, 0.3) is 0 Å². The molecule has 1 heterocycles. The first-order valence-electron chi connectivity index (χ1n) is 9.79. The first-order valence-corrected chi connectivity index (χ1v) is 9.79. The number of ether oxygens (including phenoxy) is 2. The molecule has 0 fully saturated rings. The van der Waals surface area contributed by atoms with Crippen LogP contribution in [0.15, 0.2) is 47.5 Å². The maximum Gasteiger partial charge on any atom is 0.251 e. The lowest BCUT2D eigenvalue weighted by Crippen LogP contribution is -2.38. The molecule has 0 spiro atoms. The molecular weight excluding hydrogens is 495 g/mol. The van der Waals surface area contributed by atoms with E-state index in [-0.39, 0.29) is 36.7 Å². The van der Waals surface area contributed by atoms with Crippen LogP contribution < -0.4 is 20.1 Å². The number of guanidine groups is 1. The molecule has 0 aliphatic carbocycles. The summed E-state index contributed by atoms with van der Waals surface area (Å²) in [4.78, 5) is 18.6. The van der Waals surface area contributed by atoms with E-state index in [1.165, 1.54) is 0 Å². The Morgan fingerprint density at radius 3 is 2.70 bits per heavy atom. The maximum atomic E-state index is 11.8. The number of aliphatic imine (C=N–C) groups is 1. The molecule has 8 heteroatoms. The van der Waals surface area contributed by atoms with E-state index in [4.69, 9.17) is 14.5 Å². The number of carbonyl (C=O) groups excluding carboxylic acids is 1. The van der Waals surface area contributed by atoms with Crippen LogP contribution in [-0.4, -0.2) is 50.7 Å². The second-order valence-electron chi connectivity index (χ2n) is 6.81. The molecule has 0 atom stereocenters. The van der Waals surface area contributed by atoms with Gasteiger partial charge in [-0.2, -0.15) is 0 Å². The smallest absolute Gasteiger partial charge is 0.251 e. The third-order valence-electron chi connectivity index (χ3n) is 4.63. The fraction of sp³-hybridized carbons (Fsp3) is 0.364. The zero-order chi connectivity index (χ0) is 20.6. The van der Waals surface area contributed by atoms with Crippen LogP contribution in [-0.2, 0) is 13.0 Å². The van der Waals surface area contributed by atoms with Gasteiger partial charge in [0, 0.05) is 39.3 Å². The number of amides is 1. The molecule has 0 unspecified atom stereocenters. The molecule has 1 aliphatic heterocycles. The largest absolute Gasteiger partial charge is 0.454 e. The maximum absolute atomic E-state index is 11.8. The normalized spacial score (nSPS) is 12.2. The Morgan fingerprint density at radius 1 is 1.13 bits per heavy atom. The molecule has 0 saturated carbocycles. The standard InChI is InChI=1S/C22H28N4O3.HI/c1-4-24-22(25-11-10-16-6-5-7-18(12-16)21(27)23-2)26(3)14-17-8-9-19-20(13-17)29-15-28-19;/h5-9,12-13H,4,10-11,14-15H2,1-3H3,(H,23,27)(H,24,25);1H. The summed E-state index contributed by atoms with van der Waals surface area (Å²) in [6, 6.07) is 13.6. The minimum atomic E-state index is -0.0767. The average Bonchev–Trinajstić information content (AvgIpc) is 3.20. The highest BCUT2D eigenvalue weighted by Gasteiger charge is 2.14. The molecule has 1 amide bonds. The molecule has 0 aromatic heterocycles. The van der Waals surface area contributed by atoms with Crippen LogP contribution in [0.3, 0.4) is 0 Å². The number of hydrogen-bond donors (Lipinski definition) is 2. The second-order valence-corrected chi connectivity index (χ2v) is 6.81. The number of nitrogens with one attached hydrogen (secondary N) is 2. The predicted molar refractivity (Wildman–Crippen MR) is 129 cm³/mol. The number of fused-ring (bicyclic) bond motifs is 1. The van der Waals surface area contributed by atoms with E-state index in [2.05, 4.69) is 22.5 Å². The van der Waals surface area contributed by atoms with Gasteiger partial charge in [-0.05, 0) is 48.7 Å². The molecule has 3 rings (SSSR count). The third kappa shape index (κ3) is 6.25. The van der Waals surface area contributed by atoms with Gasteiger partial charge < -0.3 is 25.0 Å².